The lowest BCUT2D eigenvalue weighted by Crippen LogP contribution is -1.92. The Hall–Kier alpha value is -2.74. The van der Waals surface area contributed by atoms with Gasteiger partial charge in [0.05, 0.1) is 12.6 Å². The highest BCUT2D eigenvalue weighted by Crippen LogP contribution is 2.40. The van der Waals surface area contributed by atoms with Crippen LogP contribution in [0.25, 0.3) is 32.9 Å². The van der Waals surface area contributed by atoms with Crippen molar-refractivity contribution in [1.29, 1.82) is 0 Å². The number of hydrogen-bond acceptors (Lipinski definition) is 1. The summed E-state index contributed by atoms with van der Waals surface area (Å²) < 4.78 is 7.83. The molecule has 0 spiro atoms. The first-order valence-corrected chi connectivity index (χ1v) is 7.41. The third-order valence-electron chi connectivity index (χ3n) is 4.32. The van der Waals surface area contributed by atoms with E-state index in [2.05, 4.69) is 72.3 Å². The normalized spacial score (nSPS) is 11.2. The maximum absolute atomic E-state index is 5.61. The molecule has 2 heteroatoms. The Morgan fingerprint density at radius 1 is 0.818 bits per heavy atom. The van der Waals surface area contributed by atoms with Crippen molar-refractivity contribution in [1.82, 2.24) is 4.57 Å². The van der Waals surface area contributed by atoms with E-state index in [0.29, 0.717) is 0 Å². The van der Waals surface area contributed by atoms with Crippen molar-refractivity contribution >= 4 is 21.8 Å². The lowest BCUT2D eigenvalue weighted by molar-refractivity contribution is 0.418. The molecule has 0 amide bonds. The zero-order chi connectivity index (χ0) is 15.1. The second kappa shape index (κ2) is 4.92. The van der Waals surface area contributed by atoms with Gasteiger partial charge in [-0.2, -0.15) is 0 Å². The SMILES string of the molecule is COc1ccc(-c2ccccc2)c2c3ccccc3n(C)c12. The summed E-state index contributed by atoms with van der Waals surface area (Å²) in [4.78, 5) is 0. The molecule has 4 aromatic rings. The molecule has 0 saturated heterocycles. The van der Waals surface area contributed by atoms with E-state index in [9.17, 15) is 0 Å². The van der Waals surface area contributed by atoms with E-state index in [1.807, 2.05) is 6.07 Å². The molecule has 22 heavy (non-hydrogen) atoms. The van der Waals surface area contributed by atoms with Gasteiger partial charge in [-0.3, -0.25) is 0 Å². The van der Waals surface area contributed by atoms with Gasteiger partial charge in [0, 0.05) is 23.3 Å². The molecule has 108 valence electrons. The van der Waals surface area contributed by atoms with Crippen molar-refractivity contribution in [3.8, 4) is 16.9 Å². The number of rotatable bonds is 2. The molecule has 0 unspecified atom stereocenters. The fourth-order valence-corrected chi connectivity index (χ4v) is 3.30. The molecule has 0 N–H and O–H groups in total. The lowest BCUT2D eigenvalue weighted by atomic mass is 9.99. The van der Waals surface area contributed by atoms with Gasteiger partial charge in [0.15, 0.2) is 0 Å². The Morgan fingerprint density at radius 3 is 2.32 bits per heavy atom. The van der Waals surface area contributed by atoms with E-state index in [-0.39, 0.29) is 0 Å². The molecule has 0 bridgehead atoms. The highest BCUT2D eigenvalue weighted by molar-refractivity contribution is 6.16. The van der Waals surface area contributed by atoms with Crippen LogP contribution >= 0.6 is 0 Å². The van der Waals surface area contributed by atoms with E-state index >= 15 is 0 Å². The number of hydrogen-bond donors (Lipinski definition) is 0. The van der Waals surface area contributed by atoms with Crippen molar-refractivity contribution in [2.45, 2.75) is 0 Å². The molecule has 0 saturated carbocycles. The molecule has 1 heterocycles. The Balaban J connectivity index is 2.22. The van der Waals surface area contributed by atoms with Crippen molar-refractivity contribution in [3.63, 3.8) is 0 Å². The number of ether oxygens (including phenoxy) is 1. The Morgan fingerprint density at radius 2 is 1.55 bits per heavy atom. The van der Waals surface area contributed by atoms with Crippen LogP contribution in [0.15, 0.2) is 66.7 Å². The average Bonchev–Trinajstić information content (AvgIpc) is 2.89. The first-order valence-electron chi connectivity index (χ1n) is 7.41. The molecule has 4 rings (SSSR count). The maximum Gasteiger partial charge on any atom is 0.143 e. The summed E-state index contributed by atoms with van der Waals surface area (Å²) in [5.41, 5.74) is 4.84. The third-order valence-corrected chi connectivity index (χ3v) is 4.32. The van der Waals surface area contributed by atoms with Gasteiger partial charge in [0.1, 0.15) is 5.75 Å². The van der Waals surface area contributed by atoms with Gasteiger partial charge in [-0.25, -0.2) is 0 Å². The summed E-state index contributed by atoms with van der Waals surface area (Å²) in [6.45, 7) is 0. The van der Waals surface area contributed by atoms with Gasteiger partial charge < -0.3 is 9.30 Å². The van der Waals surface area contributed by atoms with Gasteiger partial charge in [0.2, 0.25) is 0 Å². The van der Waals surface area contributed by atoms with E-state index in [1.54, 1.807) is 7.11 Å². The smallest absolute Gasteiger partial charge is 0.143 e. The molecular formula is C20H17NO. The Labute approximate surface area is 129 Å². The van der Waals surface area contributed by atoms with E-state index < -0.39 is 0 Å². The molecule has 0 aliphatic rings. The third kappa shape index (κ3) is 1.74. The van der Waals surface area contributed by atoms with Crippen molar-refractivity contribution in [3.05, 3.63) is 66.7 Å². The number of methoxy groups -OCH3 is 1. The molecule has 3 aromatic carbocycles. The fraction of sp³-hybridized carbons (Fsp3) is 0.100. The monoisotopic (exact) mass is 287 g/mol. The van der Waals surface area contributed by atoms with Crippen molar-refractivity contribution in [2.75, 3.05) is 7.11 Å². The highest BCUT2D eigenvalue weighted by Gasteiger charge is 2.16. The largest absolute Gasteiger partial charge is 0.495 e. The van der Waals surface area contributed by atoms with Crippen LogP contribution < -0.4 is 4.74 Å². The van der Waals surface area contributed by atoms with Crippen molar-refractivity contribution in [2.24, 2.45) is 7.05 Å². The quantitative estimate of drug-likeness (QED) is 0.505. The number of aromatic nitrogens is 1. The van der Waals surface area contributed by atoms with Crippen LogP contribution in [0.4, 0.5) is 0 Å². The second-order valence-corrected chi connectivity index (χ2v) is 5.48. The first-order chi connectivity index (χ1) is 10.8. The predicted octanol–water partition coefficient (Wildman–Crippen LogP) is 5.01. The van der Waals surface area contributed by atoms with E-state index in [1.165, 1.54) is 27.4 Å². The van der Waals surface area contributed by atoms with E-state index in [0.717, 1.165) is 11.3 Å². The minimum atomic E-state index is 0.911. The zero-order valence-electron chi connectivity index (χ0n) is 12.7. The summed E-state index contributed by atoms with van der Waals surface area (Å²) in [7, 11) is 3.83. The van der Waals surface area contributed by atoms with Gasteiger partial charge in [0.25, 0.3) is 0 Å². The molecule has 0 aliphatic heterocycles. The van der Waals surface area contributed by atoms with Crippen LogP contribution in [0.1, 0.15) is 0 Å². The Bertz CT molecular complexity index is 967. The van der Waals surface area contributed by atoms with Crippen LogP contribution in [0.2, 0.25) is 0 Å². The highest BCUT2D eigenvalue weighted by atomic mass is 16.5. The second-order valence-electron chi connectivity index (χ2n) is 5.48. The maximum atomic E-state index is 5.61. The summed E-state index contributed by atoms with van der Waals surface area (Å²) in [6.07, 6.45) is 0. The number of nitrogens with zero attached hydrogens (tertiary/aromatic N) is 1. The lowest BCUT2D eigenvalue weighted by Gasteiger charge is -2.09. The minimum absolute atomic E-state index is 0.911. The average molecular weight is 287 g/mol. The molecule has 0 fully saturated rings. The van der Waals surface area contributed by atoms with Crippen molar-refractivity contribution < 1.29 is 4.74 Å². The van der Waals surface area contributed by atoms with Gasteiger partial charge >= 0.3 is 0 Å². The van der Waals surface area contributed by atoms with Crippen LogP contribution in [0, 0.1) is 0 Å². The molecule has 0 atom stereocenters. The fourth-order valence-electron chi connectivity index (χ4n) is 3.30. The first kappa shape index (κ1) is 13.0. The number of benzene rings is 3. The minimum Gasteiger partial charge on any atom is -0.495 e. The molecular weight excluding hydrogens is 270 g/mol. The van der Waals surface area contributed by atoms with Gasteiger partial charge in [-0.1, -0.05) is 48.5 Å². The summed E-state index contributed by atoms with van der Waals surface area (Å²) in [5, 5.41) is 2.52. The van der Waals surface area contributed by atoms with Crippen LogP contribution in [0.5, 0.6) is 5.75 Å². The number of fused-ring (bicyclic) bond motifs is 3. The summed E-state index contributed by atoms with van der Waals surface area (Å²) in [5.74, 6) is 0.911. The summed E-state index contributed by atoms with van der Waals surface area (Å²) >= 11 is 0. The van der Waals surface area contributed by atoms with Crippen LogP contribution in [0.3, 0.4) is 0 Å². The molecule has 0 radical (unpaired) electrons. The molecule has 1 aromatic heterocycles. The predicted molar refractivity (Wildman–Crippen MR) is 92.4 cm³/mol. The van der Waals surface area contributed by atoms with Gasteiger partial charge in [-0.15, -0.1) is 0 Å². The molecule has 0 aliphatic carbocycles. The number of aryl methyl sites for hydroxylation is 1. The number of para-hydroxylation sites is 1. The van der Waals surface area contributed by atoms with Gasteiger partial charge in [-0.05, 0) is 29.3 Å². The van der Waals surface area contributed by atoms with Crippen LogP contribution in [-0.4, -0.2) is 11.7 Å². The zero-order valence-corrected chi connectivity index (χ0v) is 12.7. The standard InChI is InChI=1S/C20H17NO/c1-21-17-11-7-6-10-16(17)19-15(14-8-4-3-5-9-14)12-13-18(22-2)20(19)21/h3-13H,1-2H3. The molecule has 2 nitrogen and oxygen atoms in total. The topological polar surface area (TPSA) is 14.2 Å². The Kier molecular flexibility index (Phi) is 2.90. The summed E-state index contributed by atoms with van der Waals surface area (Å²) in [6, 6.07) is 23.2. The van der Waals surface area contributed by atoms with E-state index in [4.69, 9.17) is 4.74 Å². The van der Waals surface area contributed by atoms with Crippen LogP contribution in [-0.2, 0) is 7.05 Å².